The number of piperazine rings is 1. The molecule has 1 rings (SSSR count). The summed E-state index contributed by atoms with van der Waals surface area (Å²) in [6.07, 6.45) is -4.47. The Morgan fingerprint density at radius 2 is 1.67 bits per heavy atom. The van der Waals surface area contributed by atoms with Crippen LogP contribution >= 0.6 is 0 Å². The summed E-state index contributed by atoms with van der Waals surface area (Å²) in [5, 5.41) is 0. The summed E-state index contributed by atoms with van der Waals surface area (Å²) in [6.45, 7) is 7.98. The molecule has 0 aromatic rings. The average Bonchev–Trinajstić information content (AvgIpc) is 2.29. The summed E-state index contributed by atoms with van der Waals surface area (Å²) in [5.74, 6) is 0.488. The Kier molecular flexibility index (Phi) is 6.38. The van der Waals surface area contributed by atoms with Gasteiger partial charge in [-0.15, -0.1) is 0 Å². The van der Waals surface area contributed by atoms with E-state index in [1.165, 1.54) is 0 Å². The van der Waals surface area contributed by atoms with Crippen LogP contribution in [0, 0.1) is 5.92 Å². The number of alkyl halides is 3. The second-order valence-electron chi connectivity index (χ2n) is 5.20. The minimum absolute atomic E-state index is 0.211. The van der Waals surface area contributed by atoms with Gasteiger partial charge in [0.2, 0.25) is 0 Å². The van der Waals surface area contributed by atoms with Gasteiger partial charge in [-0.2, -0.15) is 13.2 Å². The van der Waals surface area contributed by atoms with Crippen LogP contribution in [0.4, 0.5) is 13.2 Å². The van der Waals surface area contributed by atoms with Crippen LogP contribution in [-0.4, -0.2) is 61.8 Å². The van der Waals surface area contributed by atoms with E-state index in [4.69, 9.17) is 5.73 Å². The summed E-state index contributed by atoms with van der Waals surface area (Å²) in [5.41, 5.74) is 5.58. The van der Waals surface area contributed by atoms with Crippen LogP contribution in [0.1, 0.15) is 19.8 Å². The number of hydrogen-bond acceptors (Lipinski definition) is 3. The molecule has 1 saturated heterocycles. The van der Waals surface area contributed by atoms with Crippen molar-refractivity contribution in [2.75, 3.05) is 45.8 Å². The molecule has 108 valence electrons. The van der Waals surface area contributed by atoms with E-state index in [1.54, 1.807) is 0 Å². The number of rotatable bonds is 6. The zero-order valence-corrected chi connectivity index (χ0v) is 11.0. The number of nitrogens with two attached hydrogens (primary N) is 1. The lowest BCUT2D eigenvalue weighted by Crippen LogP contribution is -2.48. The van der Waals surface area contributed by atoms with Gasteiger partial charge in [0.05, 0.1) is 0 Å². The lowest BCUT2D eigenvalue weighted by atomic mass is 10.1. The third-order valence-corrected chi connectivity index (χ3v) is 3.37. The van der Waals surface area contributed by atoms with E-state index < -0.39 is 12.6 Å². The smallest absolute Gasteiger partial charge is 0.330 e. The van der Waals surface area contributed by atoms with Gasteiger partial charge in [-0.25, -0.2) is 0 Å². The summed E-state index contributed by atoms with van der Waals surface area (Å²) in [6, 6.07) is 0. The highest BCUT2D eigenvalue weighted by Crippen LogP contribution is 2.21. The van der Waals surface area contributed by atoms with Crippen LogP contribution in [-0.2, 0) is 0 Å². The van der Waals surface area contributed by atoms with Crippen LogP contribution in [0.15, 0.2) is 0 Å². The predicted octanol–water partition coefficient (Wildman–Crippen LogP) is 1.54. The molecule has 0 spiro atoms. The molecule has 0 aliphatic carbocycles. The van der Waals surface area contributed by atoms with Gasteiger partial charge in [-0.05, 0) is 25.4 Å². The minimum atomic E-state index is -4.02. The monoisotopic (exact) mass is 267 g/mol. The van der Waals surface area contributed by atoms with Crippen molar-refractivity contribution >= 4 is 0 Å². The maximum Gasteiger partial charge on any atom is 0.389 e. The third kappa shape index (κ3) is 6.56. The molecule has 0 saturated carbocycles. The van der Waals surface area contributed by atoms with Crippen LogP contribution in [0.2, 0.25) is 0 Å². The fourth-order valence-electron chi connectivity index (χ4n) is 2.21. The van der Waals surface area contributed by atoms with E-state index in [0.717, 1.165) is 32.7 Å². The van der Waals surface area contributed by atoms with Gasteiger partial charge < -0.3 is 15.5 Å². The molecule has 0 aromatic carbocycles. The SMILES string of the molecule is CC(CN)CN1CCN(CCCC(F)(F)F)CC1. The maximum atomic E-state index is 12.0. The van der Waals surface area contributed by atoms with Crippen molar-refractivity contribution in [1.29, 1.82) is 0 Å². The van der Waals surface area contributed by atoms with Gasteiger partial charge in [-0.3, -0.25) is 0 Å². The fourth-order valence-corrected chi connectivity index (χ4v) is 2.21. The zero-order chi connectivity index (χ0) is 13.6. The Balaban J connectivity index is 2.12. The fraction of sp³-hybridized carbons (Fsp3) is 1.00. The first-order valence-corrected chi connectivity index (χ1v) is 6.62. The van der Waals surface area contributed by atoms with E-state index >= 15 is 0 Å². The van der Waals surface area contributed by atoms with E-state index in [-0.39, 0.29) is 6.42 Å². The molecule has 0 amide bonds. The Morgan fingerprint density at radius 3 is 2.17 bits per heavy atom. The Labute approximate surface area is 107 Å². The number of hydrogen-bond donors (Lipinski definition) is 1. The second-order valence-corrected chi connectivity index (χ2v) is 5.20. The van der Waals surface area contributed by atoms with E-state index in [2.05, 4.69) is 16.7 Å². The number of nitrogens with zero attached hydrogens (tertiary/aromatic N) is 2. The number of halogens is 3. The Bertz CT molecular complexity index is 225. The molecule has 1 fully saturated rings. The normalized spacial score (nSPS) is 21.2. The summed E-state index contributed by atoms with van der Waals surface area (Å²) in [4.78, 5) is 4.47. The van der Waals surface area contributed by atoms with Crippen molar-refractivity contribution in [2.24, 2.45) is 11.7 Å². The van der Waals surface area contributed by atoms with Crippen LogP contribution in [0.3, 0.4) is 0 Å². The average molecular weight is 267 g/mol. The van der Waals surface area contributed by atoms with Gasteiger partial charge in [-0.1, -0.05) is 6.92 Å². The Morgan fingerprint density at radius 1 is 1.11 bits per heavy atom. The molecule has 1 unspecified atom stereocenters. The van der Waals surface area contributed by atoms with Crippen molar-refractivity contribution < 1.29 is 13.2 Å². The molecule has 1 heterocycles. The van der Waals surface area contributed by atoms with E-state index in [9.17, 15) is 13.2 Å². The van der Waals surface area contributed by atoms with Crippen molar-refractivity contribution in [1.82, 2.24) is 9.80 Å². The highest BCUT2D eigenvalue weighted by atomic mass is 19.4. The molecule has 18 heavy (non-hydrogen) atoms. The zero-order valence-electron chi connectivity index (χ0n) is 11.0. The Hall–Kier alpha value is -0.330. The minimum Gasteiger partial charge on any atom is -0.330 e. The first kappa shape index (κ1) is 15.7. The van der Waals surface area contributed by atoms with Crippen molar-refractivity contribution in [3.63, 3.8) is 0 Å². The largest absolute Gasteiger partial charge is 0.389 e. The molecule has 1 aliphatic heterocycles. The van der Waals surface area contributed by atoms with Crippen LogP contribution in [0.5, 0.6) is 0 Å². The highest BCUT2D eigenvalue weighted by molar-refractivity contribution is 4.73. The van der Waals surface area contributed by atoms with Crippen molar-refractivity contribution in [3.8, 4) is 0 Å². The molecule has 0 radical (unpaired) electrons. The van der Waals surface area contributed by atoms with Gasteiger partial charge in [0.1, 0.15) is 0 Å². The maximum absolute atomic E-state index is 12.0. The van der Waals surface area contributed by atoms with Gasteiger partial charge in [0.25, 0.3) is 0 Å². The highest BCUT2D eigenvalue weighted by Gasteiger charge is 2.27. The quantitative estimate of drug-likeness (QED) is 0.792. The molecular weight excluding hydrogens is 243 g/mol. The first-order valence-electron chi connectivity index (χ1n) is 6.62. The molecule has 0 aromatic heterocycles. The van der Waals surface area contributed by atoms with Crippen molar-refractivity contribution in [3.05, 3.63) is 0 Å². The van der Waals surface area contributed by atoms with Gasteiger partial charge in [0, 0.05) is 39.1 Å². The van der Waals surface area contributed by atoms with Crippen molar-refractivity contribution in [2.45, 2.75) is 25.9 Å². The van der Waals surface area contributed by atoms with E-state index in [0.29, 0.717) is 19.0 Å². The summed E-state index contributed by atoms with van der Waals surface area (Å²) in [7, 11) is 0. The lowest BCUT2D eigenvalue weighted by molar-refractivity contribution is -0.136. The molecule has 1 aliphatic rings. The first-order chi connectivity index (χ1) is 8.40. The molecule has 3 nitrogen and oxygen atoms in total. The summed E-state index contributed by atoms with van der Waals surface area (Å²) >= 11 is 0. The standard InChI is InChI=1S/C12H24F3N3/c1-11(9-16)10-18-7-5-17(6-8-18)4-2-3-12(13,14)15/h11H,2-10,16H2,1H3. The second kappa shape index (κ2) is 7.31. The van der Waals surface area contributed by atoms with Gasteiger partial charge in [0.15, 0.2) is 0 Å². The molecule has 0 bridgehead atoms. The predicted molar refractivity (Wildman–Crippen MR) is 66.4 cm³/mol. The molecule has 6 heteroatoms. The summed E-state index contributed by atoms with van der Waals surface area (Å²) < 4.78 is 36.0. The van der Waals surface area contributed by atoms with Crippen LogP contribution in [0.25, 0.3) is 0 Å². The molecule has 2 N–H and O–H groups in total. The lowest BCUT2D eigenvalue weighted by Gasteiger charge is -2.35. The molecule has 1 atom stereocenters. The van der Waals surface area contributed by atoms with E-state index in [1.807, 2.05) is 0 Å². The van der Waals surface area contributed by atoms with Gasteiger partial charge >= 0.3 is 6.18 Å². The third-order valence-electron chi connectivity index (χ3n) is 3.37. The van der Waals surface area contributed by atoms with Crippen LogP contribution < -0.4 is 5.73 Å². The topological polar surface area (TPSA) is 32.5 Å². The molecular formula is C12H24F3N3.